The Morgan fingerprint density at radius 1 is 1.15 bits per heavy atom. The van der Waals surface area contributed by atoms with Crippen LogP contribution in [0.25, 0.3) is 10.2 Å². The highest BCUT2D eigenvalue weighted by Gasteiger charge is 2.24. The van der Waals surface area contributed by atoms with Crippen LogP contribution in [-0.2, 0) is 4.74 Å². The van der Waals surface area contributed by atoms with Gasteiger partial charge in [0.15, 0.2) is 16.6 Å². The van der Waals surface area contributed by atoms with Crippen LogP contribution >= 0.6 is 23.7 Å². The molecule has 1 aromatic heterocycles. The Morgan fingerprint density at radius 2 is 1.97 bits per heavy atom. The zero-order chi connectivity index (χ0) is 21.9. The monoisotopic (exact) mass is 491 g/mol. The Kier molecular flexibility index (Phi) is 7.54. The van der Waals surface area contributed by atoms with Crippen molar-refractivity contribution in [2.75, 3.05) is 58.2 Å². The predicted molar refractivity (Wildman–Crippen MR) is 130 cm³/mol. The van der Waals surface area contributed by atoms with Crippen molar-refractivity contribution in [3.05, 3.63) is 42.0 Å². The highest BCUT2D eigenvalue weighted by atomic mass is 35.5. The molecule has 1 saturated heterocycles. The van der Waals surface area contributed by atoms with E-state index in [1.54, 1.807) is 30.2 Å². The summed E-state index contributed by atoms with van der Waals surface area (Å²) < 4.78 is 22.6. The van der Waals surface area contributed by atoms with E-state index in [1.165, 1.54) is 11.3 Å². The summed E-state index contributed by atoms with van der Waals surface area (Å²) in [7, 11) is 1.63. The van der Waals surface area contributed by atoms with Gasteiger partial charge in [0.25, 0.3) is 5.91 Å². The van der Waals surface area contributed by atoms with Gasteiger partial charge in [-0.25, -0.2) is 4.98 Å². The van der Waals surface area contributed by atoms with Crippen LogP contribution in [0.15, 0.2) is 36.4 Å². The van der Waals surface area contributed by atoms with E-state index in [-0.39, 0.29) is 25.1 Å². The van der Waals surface area contributed by atoms with Gasteiger partial charge < -0.3 is 18.9 Å². The van der Waals surface area contributed by atoms with Crippen LogP contribution in [0.2, 0.25) is 0 Å². The molecule has 5 rings (SSSR count). The van der Waals surface area contributed by atoms with Gasteiger partial charge in [0.05, 0.1) is 30.5 Å². The summed E-state index contributed by atoms with van der Waals surface area (Å²) in [5, 5.41) is 0.679. The first kappa shape index (κ1) is 23.6. The maximum absolute atomic E-state index is 13.6. The SMILES string of the molecule is COc1ccc2sc(N(CCCN3CCOCC3)C(=O)c3ccc4c(c3)OCO4)nc2c1.Cl. The lowest BCUT2D eigenvalue weighted by molar-refractivity contribution is 0.0376. The molecule has 176 valence electrons. The van der Waals surface area contributed by atoms with Gasteiger partial charge in [0, 0.05) is 37.8 Å². The normalized spacial score (nSPS) is 15.3. The Labute approximate surface area is 202 Å². The zero-order valence-corrected chi connectivity index (χ0v) is 20.0. The molecule has 2 aromatic carbocycles. The largest absolute Gasteiger partial charge is 0.497 e. The van der Waals surface area contributed by atoms with Gasteiger partial charge in [0.1, 0.15) is 5.75 Å². The molecule has 3 aromatic rings. The molecule has 0 unspecified atom stereocenters. The fourth-order valence-electron chi connectivity index (χ4n) is 3.88. The summed E-state index contributed by atoms with van der Waals surface area (Å²) in [6.07, 6.45) is 0.843. The van der Waals surface area contributed by atoms with Gasteiger partial charge in [-0.2, -0.15) is 0 Å². The number of nitrogens with zero attached hydrogens (tertiary/aromatic N) is 3. The third kappa shape index (κ3) is 5.16. The fraction of sp³-hybridized carbons (Fsp3) is 0.391. The van der Waals surface area contributed by atoms with Gasteiger partial charge in [-0.05, 0) is 36.8 Å². The maximum Gasteiger partial charge on any atom is 0.260 e. The summed E-state index contributed by atoms with van der Waals surface area (Å²) in [6, 6.07) is 11.1. The van der Waals surface area contributed by atoms with Gasteiger partial charge in [-0.1, -0.05) is 11.3 Å². The van der Waals surface area contributed by atoms with Crippen molar-refractivity contribution in [1.82, 2.24) is 9.88 Å². The molecule has 0 radical (unpaired) electrons. The first-order valence-electron chi connectivity index (χ1n) is 10.7. The van der Waals surface area contributed by atoms with Crippen molar-refractivity contribution in [1.29, 1.82) is 0 Å². The number of amides is 1. The number of halogens is 1. The minimum atomic E-state index is -0.101. The third-order valence-electron chi connectivity index (χ3n) is 5.64. The molecule has 0 spiro atoms. The van der Waals surface area contributed by atoms with Crippen LogP contribution in [0.5, 0.6) is 17.2 Å². The number of benzene rings is 2. The number of morpholine rings is 1. The van der Waals surface area contributed by atoms with Gasteiger partial charge in [0.2, 0.25) is 6.79 Å². The quantitative estimate of drug-likeness (QED) is 0.497. The van der Waals surface area contributed by atoms with E-state index >= 15 is 0 Å². The van der Waals surface area contributed by atoms with Gasteiger partial charge >= 0.3 is 0 Å². The molecule has 2 aliphatic rings. The molecule has 1 fully saturated rings. The number of thiazole rings is 1. The highest BCUT2D eigenvalue weighted by Crippen LogP contribution is 2.35. The second-order valence-corrected chi connectivity index (χ2v) is 8.67. The number of ether oxygens (including phenoxy) is 4. The number of carbonyl (C=O) groups excluding carboxylic acids is 1. The van der Waals surface area contributed by atoms with E-state index in [1.807, 2.05) is 18.2 Å². The fourth-order valence-corrected chi connectivity index (χ4v) is 4.85. The number of hydrogen-bond donors (Lipinski definition) is 0. The summed E-state index contributed by atoms with van der Waals surface area (Å²) >= 11 is 1.51. The first-order chi connectivity index (χ1) is 15.7. The maximum atomic E-state index is 13.6. The van der Waals surface area contributed by atoms with Crippen LogP contribution in [0.4, 0.5) is 5.13 Å². The summed E-state index contributed by atoms with van der Waals surface area (Å²) in [4.78, 5) is 22.5. The molecule has 2 aliphatic heterocycles. The summed E-state index contributed by atoms with van der Waals surface area (Å²) in [6.45, 7) is 5.04. The topological polar surface area (TPSA) is 73.4 Å². The zero-order valence-electron chi connectivity index (χ0n) is 18.3. The van der Waals surface area contributed by atoms with Crippen molar-refractivity contribution in [3.63, 3.8) is 0 Å². The Balaban J connectivity index is 0.00000259. The lowest BCUT2D eigenvalue weighted by Crippen LogP contribution is -2.39. The van der Waals surface area contributed by atoms with Crippen molar-refractivity contribution >= 4 is 45.0 Å². The summed E-state index contributed by atoms with van der Waals surface area (Å²) in [5.41, 5.74) is 1.37. The average molecular weight is 492 g/mol. The van der Waals surface area contributed by atoms with Crippen LogP contribution in [0.3, 0.4) is 0 Å². The molecule has 10 heteroatoms. The Morgan fingerprint density at radius 3 is 2.79 bits per heavy atom. The van der Waals surface area contributed by atoms with Gasteiger partial charge in [-0.3, -0.25) is 14.6 Å². The van der Waals surface area contributed by atoms with Crippen molar-refractivity contribution in [2.45, 2.75) is 6.42 Å². The van der Waals surface area contributed by atoms with E-state index in [2.05, 4.69) is 4.90 Å². The van der Waals surface area contributed by atoms with Crippen LogP contribution in [-0.4, -0.2) is 69.1 Å². The van der Waals surface area contributed by atoms with E-state index in [9.17, 15) is 4.79 Å². The Bertz CT molecular complexity index is 1120. The number of anilines is 1. The second-order valence-electron chi connectivity index (χ2n) is 7.66. The molecular formula is C23H26ClN3O5S. The van der Waals surface area contributed by atoms with Crippen LogP contribution < -0.4 is 19.1 Å². The number of rotatable bonds is 7. The molecular weight excluding hydrogens is 466 g/mol. The lowest BCUT2D eigenvalue weighted by Gasteiger charge is -2.27. The molecule has 0 atom stereocenters. The van der Waals surface area contributed by atoms with Gasteiger partial charge in [-0.15, -0.1) is 12.4 Å². The smallest absolute Gasteiger partial charge is 0.260 e. The van der Waals surface area contributed by atoms with E-state index in [4.69, 9.17) is 23.9 Å². The average Bonchev–Trinajstić information content (AvgIpc) is 3.47. The Hall–Kier alpha value is -2.59. The molecule has 33 heavy (non-hydrogen) atoms. The molecule has 8 nitrogen and oxygen atoms in total. The third-order valence-corrected chi connectivity index (χ3v) is 6.70. The number of methoxy groups -OCH3 is 1. The molecule has 0 bridgehead atoms. The van der Waals surface area contributed by atoms with E-state index in [0.29, 0.717) is 28.7 Å². The first-order valence-corrected chi connectivity index (χ1v) is 11.5. The molecule has 0 aliphatic carbocycles. The van der Waals surface area contributed by atoms with Crippen LogP contribution in [0.1, 0.15) is 16.8 Å². The highest BCUT2D eigenvalue weighted by molar-refractivity contribution is 7.22. The molecule has 0 saturated carbocycles. The van der Waals surface area contributed by atoms with Crippen LogP contribution in [0, 0.1) is 0 Å². The lowest BCUT2D eigenvalue weighted by atomic mass is 10.1. The molecule has 1 amide bonds. The van der Waals surface area contributed by atoms with E-state index < -0.39 is 0 Å². The molecule has 0 N–H and O–H groups in total. The minimum Gasteiger partial charge on any atom is -0.497 e. The number of hydrogen-bond acceptors (Lipinski definition) is 8. The standard InChI is InChI=1S/C23H25N3O5S.ClH/c1-28-17-4-6-21-18(14-17)24-23(32-21)26(8-2-7-25-9-11-29-12-10-25)22(27)16-3-5-19-20(13-16)31-15-30-19;/h3-6,13-14H,2,7-12,15H2,1H3;1H. The summed E-state index contributed by atoms with van der Waals surface area (Å²) in [5.74, 6) is 1.90. The van der Waals surface area contributed by atoms with Crippen molar-refractivity contribution in [2.24, 2.45) is 0 Å². The number of aromatic nitrogens is 1. The molecule has 3 heterocycles. The number of carbonyl (C=O) groups is 1. The van der Waals surface area contributed by atoms with E-state index in [0.717, 1.165) is 55.2 Å². The minimum absolute atomic E-state index is 0. The predicted octanol–water partition coefficient (Wildman–Crippen LogP) is 3.82. The second kappa shape index (κ2) is 10.6. The van der Waals surface area contributed by atoms with Crippen molar-refractivity contribution in [3.8, 4) is 17.2 Å². The number of fused-ring (bicyclic) bond motifs is 2. The van der Waals surface area contributed by atoms with Crippen molar-refractivity contribution < 1.29 is 23.7 Å².